The van der Waals surface area contributed by atoms with E-state index in [1.807, 2.05) is 0 Å². The fourth-order valence-corrected chi connectivity index (χ4v) is 2.14. The summed E-state index contributed by atoms with van der Waals surface area (Å²) < 4.78 is 0.612. The summed E-state index contributed by atoms with van der Waals surface area (Å²) in [4.78, 5) is 26.4. The van der Waals surface area contributed by atoms with Crippen LogP contribution in [-0.4, -0.2) is 29.0 Å². The molecule has 0 saturated carbocycles. The Bertz CT molecular complexity index is 704. The molecule has 0 atom stereocenters. The third-order valence-electron chi connectivity index (χ3n) is 2.71. The van der Waals surface area contributed by atoms with E-state index >= 15 is 0 Å². The molecule has 1 amide bonds. The Morgan fingerprint density at radius 2 is 2.00 bits per heavy atom. The maximum Gasteiger partial charge on any atom is 0.335 e. The number of benzene rings is 1. The van der Waals surface area contributed by atoms with Crippen LogP contribution in [0.2, 0.25) is 0 Å². The number of aromatic carboxylic acids is 1. The molecule has 2 rings (SSSR count). The summed E-state index contributed by atoms with van der Waals surface area (Å²) in [6.45, 7) is 0. The van der Waals surface area contributed by atoms with Gasteiger partial charge in [0.05, 0.1) is 11.3 Å². The minimum atomic E-state index is -0.993. The van der Waals surface area contributed by atoms with E-state index in [-0.39, 0.29) is 11.5 Å². The van der Waals surface area contributed by atoms with Crippen molar-refractivity contribution >= 4 is 39.2 Å². The predicted molar refractivity (Wildman–Crippen MR) is 82.0 cm³/mol. The van der Waals surface area contributed by atoms with Crippen LogP contribution in [0.25, 0.3) is 0 Å². The number of aromatic nitrogens is 1. The fourth-order valence-electron chi connectivity index (χ4n) is 1.67. The number of carbonyl (C=O) groups is 2. The molecule has 0 fully saturated rings. The molecule has 0 radical (unpaired) electrons. The van der Waals surface area contributed by atoms with Crippen molar-refractivity contribution in [1.29, 1.82) is 0 Å². The van der Waals surface area contributed by atoms with Gasteiger partial charge in [-0.05, 0) is 46.3 Å². The number of nitrogens with zero attached hydrogens (tertiary/aromatic N) is 1. The van der Waals surface area contributed by atoms with Gasteiger partial charge in [0.1, 0.15) is 5.69 Å². The number of halogens is 1. The van der Waals surface area contributed by atoms with Gasteiger partial charge >= 0.3 is 5.97 Å². The number of hydrogen-bond donors (Lipinski definition) is 3. The molecule has 7 heteroatoms. The van der Waals surface area contributed by atoms with Crippen molar-refractivity contribution in [3.05, 3.63) is 52.3 Å². The molecule has 1 aromatic carbocycles. The first kappa shape index (κ1) is 15.0. The van der Waals surface area contributed by atoms with Gasteiger partial charge in [-0.2, -0.15) is 0 Å². The third kappa shape index (κ3) is 3.57. The number of carbonyl (C=O) groups excluding carboxylic acids is 1. The SMILES string of the molecule is CNC(=O)c1cc(Nc2ccc(C(=O)O)cc2Br)ccn1. The van der Waals surface area contributed by atoms with E-state index < -0.39 is 5.97 Å². The number of anilines is 2. The number of carboxylic acid groups (broad SMARTS) is 1. The first-order chi connectivity index (χ1) is 10.0. The Hall–Kier alpha value is -2.41. The van der Waals surface area contributed by atoms with Crippen molar-refractivity contribution in [3.63, 3.8) is 0 Å². The highest BCUT2D eigenvalue weighted by Gasteiger charge is 2.09. The van der Waals surface area contributed by atoms with Gasteiger partial charge in [0.15, 0.2) is 0 Å². The van der Waals surface area contributed by atoms with Crippen LogP contribution in [0.4, 0.5) is 11.4 Å². The Balaban J connectivity index is 2.26. The van der Waals surface area contributed by atoms with E-state index in [1.54, 1.807) is 18.2 Å². The molecule has 21 heavy (non-hydrogen) atoms. The monoisotopic (exact) mass is 349 g/mol. The highest BCUT2D eigenvalue weighted by atomic mass is 79.9. The van der Waals surface area contributed by atoms with Gasteiger partial charge in [0.25, 0.3) is 5.91 Å². The molecule has 108 valence electrons. The maximum absolute atomic E-state index is 11.5. The molecule has 3 N–H and O–H groups in total. The van der Waals surface area contributed by atoms with Gasteiger partial charge in [-0.15, -0.1) is 0 Å². The van der Waals surface area contributed by atoms with Crippen LogP contribution in [-0.2, 0) is 0 Å². The number of pyridine rings is 1. The Morgan fingerprint density at radius 1 is 1.24 bits per heavy atom. The molecule has 1 aromatic heterocycles. The molecule has 2 aromatic rings. The number of rotatable bonds is 4. The summed E-state index contributed by atoms with van der Waals surface area (Å²) in [5.41, 5.74) is 1.84. The highest BCUT2D eigenvalue weighted by molar-refractivity contribution is 9.10. The van der Waals surface area contributed by atoms with Gasteiger partial charge in [-0.3, -0.25) is 9.78 Å². The summed E-state index contributed by atoms with van der Waals surface area (Å²) in [7, 11) is 1.53. The van der Waals surface area contributed by atoms with Crippen LogP contribution in [0.15, 0.2) is 41.0 Å². The number of amides is 1. The topological polar surface area (TPSA) is 91.3 Å². The van der Waals surface area contributed by atoms with E-state index in [2.05, 4.69) is 31.5 Å². The summed E-state index contributed by atoms with van der Waals surface area (Å²) in [5, 5.41) is 14.5. The van der Waals surface area contributed by atoms with E-state index in [4.69, 9.17) is 5.11 Å². The van der Waals surface area contributed by atoms with E-state index in [0.717, 1.165) is 0 Å². The molecule has 0 aliphatic carbocycles. The zero-order chi connectivity index (χ0) is 15.4. The van der Waals surface area contributed by atoms with Gasteiger partial charge in [-0.25, -0.2) is 4.79 Å². The van der Waals surface area contributed by atoms with Gasteiger partial charge in [-0.1, -0.05) is 0 Å². The van der Waals surface area contributed by atoms with Gasteiger partial charge in [0.2, 0.25) is 0 Å². The number of hydrogen-bond acceptors (Lipinski definition) is 4. The molecule has 0 aliphatic rings. The lowest BCUT2D eigenvalue weighted by molar-refractivity contribution is 0.0696. The Morgan fingerprint density at radius 3 is 2.62 bits per heavy atom. The van der Waals surface area contributed by atoms with Crippen LogP contribution < -0.4 is 10.6 Å². The molecule has 0 aliphatic heterocycles. The normalized spacial score (nSPS) is 10.0. The second kappa shape index (κ2) is 6.36. The molecule has 1 heterocycles. The molecule has 6 nitrogen and oxygen atoms in total. The van der Waals surface area contributed by atoms with Crippen LogP contribution in [0.3, 0.4) is 0 Å². The number of nitrogens with one attached hydrogen (secondary N) is 2. The second-order valence-corrected chi connectivity index (χ2v) is 4.99. The van der Waals surface area contributed by atoms with E-state index in [1.165, 1.54) is 25.4 Å². The summed E-state index contributed by atoms with van der Waals surface area (Å²) in [5.74, 6) is -1.27. The first-order valence-electron chi connectivity index (χ1n) is 5.99. The van der Waals surface area contributed by atoms with Gasteiger partial charge < -0.3 is 15.7 Å². The minimum Gasteiger partial charge on any atom is -0.478 e. The quantitative estimate of drug-likeness (QED) is 0.789. The molecule has 0 spiro atoms. The van der Waals surface area contributed by atoms with Crippen molar-refractivity contribution in [2.45, 2.75) is 0 Å². The van der Waals surface area contributed by atoms with Gasteiger partial charge in [0, 0.05) is 23.4 Å². The average molecular weight is 350 g/mol. The highest BCUT2D eigenvalue weighted by Crippen LogP contribution is 2.27. The van der Waals surface area contributed by atoms with Crippen LogP contribution >= 0.6 is 15.9 Å². The lowest BCUT2D eigenvalue weighted by Crippen LogP contribution is -2.19. The molecular weight excluding hydrogens is 338 g/mol. The van der Waals surface area contributed by atoms with Crippen LogP contribution in [0, 0.1) is 0 Å². The number of carboxylic acids is 1. The van der Waals surface area contributed by atoms with Crippen molar-refractivity contribution in [1.82, 2.24) is 10.3 Å². The maximum atomic E-state index is 11.5. The zero-order valence-electron chi connectivity index (χ0n) is 11.1. The van der Waals surface area contributed by atoms with E-state index in [9.17, 15) is 9.59 Å². The third-order valence-corrected chi connectivity index (χ3v) is 3.37. The van der Waals surface area contributed by atoms with E-state index in [0.29, 0.717) is 21.5 Å². The summed E-state index contributed by atoms with van der Waals surface area (Å²) in [6.07, 6.45) is 1.52. The summed E-state index contributed by atoms with van der Waals surface area (Å²) in [6, 6.07) is 7.97. The Labute approximate surface area is 129 Å². The first-order valence-corrected chi connectivity index (χ1v) is 6.78. The zero-order valence-corrected chi connectivity index (χ0v) is 12.6. The van der Waals surface area contributed by atoms with Crippen molar-refractivity contribution in [2.75, 3.05) is 12.4 Å². The van der Waals surface area contributed by atoms with Crippen molar-refractivity contribution in [2.24, 2.45) is 0 Å². The molecule has 0 saturated heterocycles. The molecule has 0 bridgehead atoms. The summed E-state index contributed by atoms with van der Waals surface area (Å²) >= 11 is 3.31. The molecular formula is C14H12BrN3O3. The standard InChI is InChI=1S/C14H12BrN3O3/c1-16-13(19)12-7-9(4-5-17-12)18-11-3-2-8(14(20)21)6-10(11)15/h2-7H,1H3,(H,16,19)(H,17,18)(H,20,21). The second-order valence-electron chi connectivity index (χ2n) is 4.13. The van der Waals surface area contributed by atoms with Crippen molar-refractivity contribution < 1.29 is 14.7 Å². The Kier molecular flexibility index (Phi) is 4.54. The fraction of sp³-hybridized carbons (Fsp3) is 0.0714. The van der Waals surface area contributed by atoms with Crippen LogP contribution in [0.1, 0.15) is 20.8 Å². The minimum absolute atomic E-state index is 0.188. The smallest absolute Gasteiger partial charge is 0.335 e. The molecule has 0 unspecified atom stereocenters. The van der Waals surface area contributed by atoms with Crippen LogP contribution in [0.5, 0.6) is 0 Å². The lowest BCUT2D eigenvalue weighted by atomic mass is 10.2. The predicted octanol–water partition coefficient (Wildman–Crippen LogP) is 2.65. The lowest BCUT2D eigenvalue weighted by Gasteiger charge is -2.10. The largest absolute Gasteiger partial charge is 0.478 e. The van der Waals surface area contributed by atoms with Crippen molar-refractivity contribution in [3.8, 4) is 0 Å². The average Bonchev–Trinajstić information content (AvgIpc) is 2.48.